The van der Waals surface area contributed by atoms with Crippen LogP contribution in [0.25, 0.3) is 0 Å². The van der Waals surface area contributed by atoms with Crippen LogP contribution in [0.1, 0.15) is 6.92 Å². The maximum atomic E-state index is 12.2. The first-order valence-corrected chi connectivity index (χ1v) is 7.11. The van der Waals surface area contributed by atoms with E-state index in [2.05, 4.69) is 11.8 Å². The summed E-state index contributed by atoms with van der Waals surface area (Å²) in [6.07, 6.45) is 0. The van der Waals surface area contributed by atoms with Crippen molar-refractivity contribution < 1.29 is 14.7 Å². The lowest BCUT2D eigenvalue weighted by Crippen LogP contribution is -2.52. The Kier molecular flexibility index (Phi) is 4.80. The Hall–Kier alpha value is -2.08. The number of carbonyl (C=O) groups is 2. The smallest absolute Gasteiger partial charge is 0.316 e. The van der Waals surface area contributed by atoms with Crippen LogP contribution in [0.2, 0.25) is 0 Å². The number of hydrogen-bond acceptors (Lipinski definition) is 4. The number of amides is 2. The summed E-state index contributed by atoms with van der Waals surface area (Å²) in [5, 5.41) is 9.26. The summed E-state index contributed by atoms with van der Waals surface area (Å²) >= 11 is 0. The Bertz CT molecular complexity index is 507. The number of benzene rings is 1. The molecule has 114 valence electrons. The second-order valence-corrected chi connectivity index (χ2v) is 5.11. The van der Waals surface area contributed by atoms with E-state index in [4.69, 9.17) is 0 Å². The van der Waals surface area contributed by atoms with Gasteiger partial charge in [0.05, 0.1) is 0 Å². The van der Waals surface area contributed by atoms with Crippen molar-refractivity contribution in [3.05, 3.63) is 24.3 Å². The summed E-state index contributed by atoms with van der Waals surface area (Å²) in [6, 6.07) is 6.19. The SMILES string of the molecule is CCN1CCN(C(=O)C(=O)N(C)c2ccc(O)cc2)CC1. The van der Waals surface area contributed by atoms with Crippen molar-refractivity contribution in [2.45, 2.75) is 6.92 Å². The quantitative estimate of drug-likeness (QED) is 0.807. The fourth-order valence-electron chi connectivity index (χ4n) is 2.34. The second kappa shape index (κ2) is 6.58. The molecule has 6 nitrogen and oxygen atoms in total. The summed E-state index contributed by atoms with van der Waals surface area (Å²) in [4.78, 5) is 29.6. The molecule has 1 aromatic carbocycles. The zero-order valence-corrected chi connectivity index (χ0v) is 12.5. The van der Waals surface area contributed by atoms with Gasteiger partial charge >= 0.3 is 11.8 Å². The lowest BCUT2D eigenvalue weighted by Gasteiger charge is -2.34. The van der Waals surface area contributed by atoms with Gasteiger partial charge in [0.15, 0.2) is 0 Å². The van der Waals surface area contributed by atoms with Gasteiger partial charge in [-0.2, -0.15) is 0 Å². The summed E-state index contributed by atoms with van der Waals surface area (Å²) < 4.78 is 0. The average Bonchev–Trinajstić information content (AvgIpc) is 2.53. The number of anilines is 1. The zero-order valence-electron chi connectivity index (χ0n) is 12.5. The van der Waals surface area contributed by atoms with E-state index in [1.54, 1.807) is 24.1 Å². The summed E-state index contributed by atoms with van der Waals surface area (Å²) in [5.74, 6) is -0.895. The standard InChI is InChI=1S/C15H21N3O3/c1-3-17-8-10-18(11-9-17)15(21)14(20)16(2)12-4-6-13(19)7-5-12/h4-7,19H,3,8-11H2,1-2H3. The first-order chi connectivity index (χ1) is 10.0. The highest BCUT2D eigenvalue weighted by atomic mass is 16.3. The van der Waals surface area contributed by atoms with E-state index < -0.39 is 11.8 Å². The Morgan fingerprint density at radius 2 is 1.71 bits per heavy atom. The van der Waals surface area contributed by atoms with E-state index in [-0.39, 0.29) is 5.75 Å². The molecule has 0 atom stereocenters. The number of piperazine rings is 1. The van der Waals surface area contributed by atoms with Crippen molar-refractivity contribution in [1.29, 1.82) is 0 Å². The molecule has 0 aliphatic carbocycles. The molecule has 1 aliphatic heterocycles. The number of phenolic OH excluding ortho intramolecular Hbond substituents is 1. The molecule has 0 bridgehead atoms. The van der Waals surface area contributed by atoms with Crippen LogP contribution in [0, 0.1) is 0 Å². The molecule has 1 heterocycles. The lowest BCUT2D eigenvalue weighted by molar-refractivity contribution is -0.145. The minimum absolute atomic E-state index is 0.126. The Balaban J connectivity index is 1.99. The third-order valence-electron chi connectivity index (χ3n) is 3.83. The Morgan fingerprint density at radius 3 is 2.24 bits per heavy atom. The van der Waals surface area contributed by atoms with Gasteiger partial charge in [0.1, 0.15) is 5.75 Å². The molecule has 21 heavy (non-hydrogen) atoms. The molecule has 1 aliphatic rings. The minimum Gasteiger partial charge on any atom is -0.508 e. The number of rotatable bonds is 2. The van der Waals surface area contributed by atoms with Crippen molar-refractivity contribution in [2.75, 3.05) is 44.7 Å². The molecule has 6 heteroatoms. The van der Waals surface area contributed by atoms with Crippen LogP contribution in [-0.2, 0) is 9.59 Å². The van der Waals surface area contributed by atoms with Crippen molar-refractivity contribution in [3.8, 4) is 5.75 Å². The largest absolute Gasteiger partial charge is 0.508 e. The first kappa shape index (κ1) is 15.3. The van der Waals surface area contributed by atoms with Crippen molar-refractivity contribution in [3.63, 3.8) is 0 Å². The number of likely N-dealkylation sites (N-methyl/N-ethyl adjacent to an activating group) is 2. The van der Waals surface area contributed by atoms with E-state index in [9.17, 15) is 14.7 Å². The lowest BCUT2D eigenvalue weighted by atomic mass is 10.2. The molecule has 2 amide bonds. The number of hydrogen-bond donors (Lipinski definition) is 1. The summed E-state index contributed by atoms with van der Waals surface area (Å²) in [5.41, 5.74) is 0.582. The molecule has 0 aromatic heterocycles. The van der Waals surface area contributed by atoms with Crippen LogP contribution in [0.15, 0.2) is 24.3 Å². The predicted octanol–water partition coefficient (Wildman–Crippen LogP) is 0.519. The molecule has 1 fully saturated rings. The predicted molar refractivity (Wildman–Crippen MR) is 80.2 cm³/mol. The highest BCUT2D eigenvalue weighted by Crippen LogP contribution is 2.17. The van der Waals surface area contributed by atoms with Gasteiger partial charge in [-0.15, -0.1) is 0 Å². The van der Waals surface area contributed by atoms with Gasteiger partial charge in [-0.25, -0.2) is 0 Å². The molecule has 2 rings (SSSR count). The van der Waals surface area contributed by atoms with Gasteiger partial charge in [0, 0.05) is 38.9 Å². The fraction of sp³-hybridized carbons (Fsp3) is 0.467. The second-order valence-electron chi connectivity index (χ2n) is 5.11. The average molecular weight is 291 g/mol. The topological polar surface area (TPSA) is 64.1 Å². The monoisotopic (exact) mass is 291 g/mol. The van der Waals surface area contributed by atoms with E-state index in [1.807, 2.05) is 0 Å². The van der Waals surface area contributed by atoms with Crippen LogP contribution in [-0.4, -0.2) is 66.5 Å². The van der Waals surface area contributed by atoms with Gasteiger partial charge in [0.25, 0.3) is 0 Å². The van der Waals surface area contributed by atoms with Crippen molar-refractivity contribution in [2.24, 2.45) is 0 Å². The number of phenols is 1. The van der Waals surface area contributed by atoms with Crippen LogP contribution in [0.5, 0.6) is 5.75 Å². The zero-order chi connectivity index (χ0) is 15.4. The van der Waals surface area contributed by atoms with Gasteiger partial charge in [-0.05, 0) is 30.8 Å². The van der Waals surface area contributed by atoms with Crippen LogP contribution in [0.3, 0.4) is 0 Å². The number of aromatic hydroxyl groups is 1. The van der Waals surface area contributed by atoms with Crippen molar-refractivity contribution >= 4 is 17.5 Å². The summed E-state index contributed by atoms with van der Waals surface area (Å²) in [7, 11) is 1.56. The summed E-state index contributed by atoms with van der Waals surface area (Å²) in [6.45, 7) is 5.82. The molecule has 1 saturated heterocycles. The van der Waals surface area contributed by atoms with Crippen LogP contribution in [0.4, 0.5) is 5.69 Å². The van der Waals surface area contributed by atoms with Crippen LogP contribution >= 0.6 is 0 Å². The molecular formula is C15H21N3O3. The fourth-order valence-corrected chi connectivity index (χ4v) is 2.34. The third kappa shape index (κ3) is 3.52. The van der Waals surface area contributed by atoms with Gasteiger partial charge in [0.2, 0.25) is 0 Å². The molecule has 0 saturated carbocycles. The van der Waals surface area contributed by atoms with Gasteiger partial charge < -0.3 is 19.8 Å². The molecule has 1 N–H and O–H groups in total. The normalized spacial score (nSPS) is 15.8. The van der Waals surface area contributed by atoms with Crippen molar-refractivity contribution in [1.82, 2.24) is 9.80 Å². The third-order valence-corrected chi connectivity index (χ3v) is 3.83. The highest BCUT2D eigenvalue weighted by molar-refractivity contribution is 6.40. The van der Waals surface area contributed by atoms with E-state index in [0.717, 1.165) is 19.6 Å². The first-order valence-electron chi connectivity index (χ1n) is 7.11. The maximum Gasteiger partial charge on any atom is 0.316 e. The molecular weight excluding hydrogens is 270 g/mol. The van der Waals surface area contributed by atoms with Gasteiger partial charge in [-0.3, -0.25) is 9.59 Å². The Morgan fingerprint density at radius 1 is 1.14 bits per heavy atom. The molecule has 0 radical (unpaired) electrons. The molecule has 1 aromatic rings. The van der Waals surface area contributed by atoms with E-state index in [0.29, 0.717) is 18.8 Å². The van der Waals surface area contributed by atoms with E-state index in [1.165, 1.54) is 17.0 Å². The molecule has 0 unspecified atom stereocenters. The van der Waals surface area contributed by atoms with Crippen LogP contribution < -0.4 is 4.90 Å². The molecule has 0 spiro atoms. The minimum atomic E-state index is -0.550. The number of carbonyl (C=O) groups excluding carboxylic acids is 2. The highest BCUT2D eigenvalue weighted by Gasteiger charge is 2.28. The maximum absolute atomic E-state index is 12.2. The van der Waals surface area contributed by atoms with Gasteiger partial charge in [-0.1, -0.05) is 6.92 Å². The Labute approximate surface area is 124 Å². The number of nitrogens with zero attached hydrogens (tertiary/aromatic N) is 3. The van der Waals surface area contributed by atoms with E-state index >= 15 is 0 Å².